The molecule has 116 valence electrons. The number of aliphatic hydroxyl groups excluding tert-OH is 1. The summed E-state index contributed by atoms with van der Waals surface area (Å²) in [7, 11) is -0.690. The molecule has 0 amide bonds. The van der Waals surface area contributed by atoms with Crippen molar-refractivity contribution in [3.8, 4) is 0 Å². The zero-order valence-electron chi connectivity index (χ0n) is 11.1. The highest BCUT2D eigenvalue weighted by Crippen LogP contribution is 2.07. The Morgan fingerprint density at radius 2 is 2.05 bits per heavy atom. The minimum Gasteiger partial charge on any atom is -0.524 e. The summed E-state index contributed by atoms with van der Waals surface area (Å²) in [6.07, 6.45) is -0.441. The lowest BCUT2D eigenvalue weighted by Gasteiger charge is -2.12. The predicted octanol–water partition coefficient (Wildman–Crippen LogP) is -2.74. The Kier molecular flexibility index (Phi) is 8.71. The summed E-state index contributed by atoms with van der Waals surface area (Å²) < 4.78 is 4.87. The summed E-state index contributed by atoms with van der Waals surface area (Å²) in [5.41, 5.74) is 4.84. The molecule has 3 atom stereocenters. The normalized spacial score (nSPS) is 22.9. The molecule has 0 saturated carbocycles. The molecule has 0 radical (unpaired) electrons. The first-order chi connectivity index (χ1) is 9.29. The first-order valence-corrected chi connectivity index (χ1v) is 8.07. The van der Waals surface area contributed by atoms with Gasteiger partial charge in [-0.3, -0.25) is 14.4 Å². The lowest BCUT2D eigenvalue weighted by molar-refractivity contribution is -0.144. The fourth-order valence-electron chi connectivity index (χ4n) is 1.44. The Morgan fingerprint density at radius 1 is 1.45 bits per heavy atom. The van der Waals surface area contributed by atoms with Crippen molar-refractivity contribution >= 4 is 27.7 Å². The Labute approximate surface area is 118 Å². The smallest absolute Gasteiger partial charge is 0.321 e. The van der Waals surface area contributed by atoms with Crippen LogP contribution in [0.2, 0.25) is 6.55 Å². The standard InChI is InChI=1S/C6H13NO3Si.C4H7NO4/c1-11-10-6(9)5-4(8)2-3-7-5;5-2(4(8)9)1-3(6)7/h4-5,7-8H,2-3,11H2,1H3;2H,1,5H2,(H,6,7)(H,8,9)/t4?,5-;2-/m00/s1. The monoisotopic (exact) mass is 308 g/mol. The van der Waals surface area contributed by atoms with E-state index in [-0.39, 0.29) is 5.97 Å². The molecular formula is C10H20N2O7Si. The van der Waals surface area contributed by atoms with E-state index in [4.69, 9.17) is 20.4 Å². The van der Waals surface area contributed by atoms with Crippen molar-refractivity contribution in [2.45, 2.75) is 37.6 Å². The van der Waals surface area contributed by atoms with E-state index < -0.39 is 46.3 Å². The van der Waals surface area contributed by atoms with E-state index in [1.54, 1.807) is 0 Å². The number of aliphatic hydroxyl groups is 1. The van der Waals surface area contributed by atoms with Gasteiger partial charge in [-0.15, -0.1) is 0 Å². The summed E-state index contributed by atoms with van der Waals surface area (Å²) >= 11 is 0. The second-order valence-corrected chi connectivity index (χ2v) is 4.95. The minimum atomic E-state index is -1.29. The summed E-state index contributed by atoms with van der Waals surface area (Å²) in [5, 5.41) is 28.2. The highest BCUT2D eigenvalue weighted by Gasteiger charge is 2.31. The highest BCUT2D eigenvalue weighted by atomic mass is 28.2. The highest BCUT2D eigenvalue weighted by molar-refractivity contribution is 6.28. The van der Waals surface area contributed by atoms with Gasteiger partial charge in [-0.05, 0) is 19.5 Å². The lowest BCUT2D eigenvalue weighted by Crippen LogP contribution is -2.40. The zero-order chi connectivity index (χ0) is 15.7. The van der Waals surface area contributed by atoms with E-state index in [1.165, 1.54) is 0 Å². The van der Waals surface area contributed by atoms with Gasteiger partial charge in [-0.2, -0.15) is 0 Å². The lowest BCUT2D eigenvalue weighted by atomic mass is 10.2. The molecule has 9 nitrogen and oxygen atoms in total. The molecule has 1 aliphatic rings. The Bertz CT molecular complexity index is 352. The van der Waals surface area contributed by atoms with E-state index in [0.29, 0.717) is 13.0 Å². The average molecular weight is 308 g/mol. The third-order valence-corrected chi connectivity index (χ3v) is 3.01. The summed E-state index contributed by atoms with van der Waals surface area (Å²) in [5.74, 6) is -2.79. The van der Waals surface area contributed by atoms with E-state index >= 15 is 0 Å². The molecule has 1 aliphatic heterocycles. The molecule has 6 N–H and O–H groups in total. The maximum Gasteiger partial charge on any atom is 0.321 e. The second-order valence-electron chi connectivity index (χ2n) is 4.08. The molecule has 1 fully saturated rings. The zero-order valence-corrected chi connectivity index (χ0v) is 12.5. The number of hydrogen-bond acceptors (Lipinski definition) is 7. The molecular weight excluding hydrogens is 288 g/mol. The van der Waals surface area contributed by atoms with Gasteiger partial charge in [0.25, 0.3) is 0 Å². The quantitative estimate of drug-likeness (QED) is 0.339. The molecule has 1 saturated heterocycles. The number of hydrogen-bond donors (Lipinski definition) is 5. The summed E-state index contributed by atoms with van der Waals surface area (Å²) in [6.45, 7) is 2.59. The van der Waals surface area contributed by atoms with Crippen molar-refractivity contribution in [2.75, 3.05) is 6.54 Å². The molecule has 0 aromatic rings. The van der Waals surface area contributed by atoms with Crippen molar-refractivity contribution in [3.63, 3.8) is 0 Å². The Morgan fingerprint density at radius 3 is 2.35 bits per heavy atom. The third-order valence-electron chi connectivity index (χ3n) is 2.44. The van der Waals surface area contributed by atoms with Gasteiger partial charge in [0, 0.05) is 0 Å². The van der Waals surface area contributed by atoms with Gasteiger partial charge in [0.15, 0.2) is 0 Å². The summed E-state index contributed by atoms with van der Waals surface area (Å²) in [6, 6.07) is -1.76. The third kappa shape index (κ3) is 7.18. The molecule has 0 bridgehead atoms. The maximum atomic E-state index is 11.0. The van der Waals surface area contributed by atoms with Gasteiger partial charge in [0.2, 0.25) is 9.76 Å². The molecule has 20 heavy (non-hydrogen) atoms. The molecule has 1 rings (SSSR count). The van der Waals surface area contributed by atoms with Crippen molar-refractivity contribution in [3.05, 3.63) is 0 Å². The van der Waals surface area contributed by atoms with Crippen LogP contribution in [0.5, 0.6) is 0 Å². The predicted molar refractivity (Wildman–Crippen MR) is 70.8 cm³/mol. The van der Waals surface area contributed by atoms with Gasteiger partial charge < -0.3 is 30.8 Å². The van der Waals surface area contributed by atoms with E-state index in [9.17, 15) is 19.5 Å². The van der Waals surface area contributed by atoms with Crippen LogP contribution in [-0.2, 0) is 18.8 Å². The molecule has 10 heteroatoms. The van der Waals surface area contributed by atoms with Crippen LogP contribution < -0.4 is 11.1 Å². The van der Waals surface area contributed by atoms with Crippen LogP contribution in [0.15, 0.2) is 0 Å². The van der Waals surface area contributed by atoms with Gasteiger partial charge in [-0.1, -0.05) is 0 Å². The van der Waals surface area contributed by atoms with E-state index in [2.05, 4.69) is 5.32 Å². The second kappa shape index (κ2) is 9.42. The maximum absolute atomic E-state index is 11.0. The van der Waals surface area contributed by atoms with Crippen molar-refractivity contribution in [2.24, 2.45) is 5.73 Å². The fourth-order valence-corrected chi connectivity index (χ4v) is 1.90. The molecule has 1 heterocycles. The topological polar surface area (TPSA) is 159 Å². The van der Waals surface area contributed by atoms with Crippen molar-refractivity contribution < 1.29 is 34.1 Å². The van der Waals surface area contributed by atoms with Crippen molar-refractivity contribution in [1.29, 1.82) is 0 Å². The number of carboxylic acids is 2. The fraction of sp³-hybridized carbons (Fsp3) is 0.700. The minimum absolute atomic E-state index is 0.288. The SMILES string of the molecule is C[SiH2]OC(=O)[C@H]1NCCC1O.N[C@@H](CC(=O)O)C(=O)O. The van der Waals surface area contributed by atoms with Crippen LogP contribution in [0.25, 0.3) is 0 Å². The average Bonchev–Trinajstić information content (AvgIpc) is 2.75. The van der Waals surface area contributed by atoms with Crippen molar-refractivity contribution in [1.82, 2.24) is 5.32 Å². The van der Waals surface area contributed by atoms with Gasteiger partial charge in [-0.25, -0.2) is 0 Å². The van der Waals surface area contributed by atoms with Crippen LogP contribution >= 0.6 is 0 Å². The number of nitrogens with one attached hydrogen (secondary N) is 1. The first-order valence-electron chi connectivity index (χ1n) is 6.07. The van der Waals surface area contributed by atoms with E-state index in [0.717, 1.165) is 0 Å². The molecule has 0 spiro atoms. The molecule has 0 aliphatic carbocycles. The number of carbonyl (C=O) groups excluding carboxylic acids is 1. The number of carbonyl (C=O) groups is 3. The molecule has 1 unspecified atom stereocenters. The van der Waals surface area contributed by atoms with Gasteiger partial charge >= 0.3 is 17.9 Å². The van der Waals surface area contributed by atoms with Gasteiger partial charge in [0.1, 0.15) is 12.1 Å². The van der Waals surface area contributed by atoms with Crippen LogP contribution in [0, 0.1) is 0 Å². The van der Waals surface area contributed by atoms with Gasteiger partial charge in [0.05, 0.1) is 12.5 Å². The number of aliphatic carboxylic acids is 2. The van der Waals surface area contributed by atoms with Crippen LogP contribution in [0.3, 0.4) is 0 Å². The first kappa shape index (κ1) is 18.5. The summed E-state index contributed by atoms with van der Waals surface area (Å²) in [4.78, 5) is 30.7. The van der Waals surface area contributed by atoms with E-state index in [1.807, 2.05) is 6.55 Å². The van der Waals surface area contributed by atoms with Crippen LogP contribution in [0.1, 0.15) is 12.8 Å². The van der Waals surface area contributed by atoms with Crippen LogP contribution in [-0.4, -0.2) is 67.7 Å². The Balaban J connectivity index is 0.000000370. The van der Waals surface area contributed by atoms with Crippen LogP contribution in [0.4, 0.5) is 0 Å². The molecule has 0 aromatic carbocycles. The number of rotatable bonds is 5. The number of carboxylic acid groups (broad SMARTS) is 2. The largest absolute Gasteiger partial charge is 0.524 e. The molecule has 0 aromatic heterocycles. The Hall–Kier alpha value is -1.49. The number of nitrogens with two attached hydrogens (primary N) is 1.